The molecule has 1 fully saturated rings. The summed E-state index contributed by atoms with van der Waals surface area (Å²) < 4.78 is 41.0. The van der Waals surface area contributed by atoms with Gasteiger partial charge in [0.1, 0.15) is 11.6 Å². The van der Waals surface area contributed by atoms with E-state index in [9.17, 15) is 17.6 Å². The average Bonchev–Trinajstić information content (AvgIpc) is 2.84. The predicted octanol–water partition coefficient (Wildman–Crippen LogP) is 0.830. The maximum Gasteiger partial charge on any atom is 0.234 e. The number of likely N-dealkylation sites (N-methyl/N-ethyl adjacent to an activating group) is 1. The predicted molar refractivity (Wildman–Crippen MR) is 89.2 cm³/mol. The third kappa shape index (κ3) is 6.45. The lowest BCUT2D eigenvalue weighted by Crippen LogP contribution is -2.41. The van der Waals surface area contributed by atoms with E-state index in [1.807, 2.05) is 11.9 Å². The fourth-order valence-corrected chi connectivity index (χ4v) is 4.24. The number of halogens is 1. The second kappa shape index (κ2) is 8.43. The highest BCUT2D eigenvalue weighted by atomic mass is 32.2. The molecule has 2 rings (SSSR count). The lowest BCUT2D eigenvalue weighted by molar-refractivity contribution is -0.122. The van der Waals surface area contributed by atoms with E-state index < -0.39 is 9.84 Å². The Morgan fingerprint density at radius 1 is 1.38 bits per heavy atom. The van der Waals surface area contributed by atoms with Gasteiger partial charge in [0, 0.05) is 12.6 Å². The van der Waals surface area contributed by atoms with Crippen LogP contribution < -0.4 is 10.1 Å². The van der Waals surface area contributed by atoms with E-state index in [0.29, 0.717) is 25.3 Å². The molecule has 1 heterocycles. The summed E-state index contributed by atoms with van der Waals surface area (Å²) in [5.41, 5.74) is 0. The summed E-state index contributed by atoms with van der Waals surface area (Å²) in [5.74, 6) is 0.323. The second-order valence-electron chi connectivity index (χ2n) is 6.06. The molecular weight excluding hydrogens is 335 g/mol. The molecule has 1 aromatic rings. The van der Waals surface area contributed by atoms with Crippen LogP contribution in [0.2, 0.25) is 0 Å². The summed E-state index contributed by atoms with van der Waals surface area (Å²) in [5, 5.41) is 2.76. The van der Waals surface area contributed by atoms with Crippen molar-refractivity contribution in [1.82, 2.24) is 10.2 Å². The van der Waals surface area contributed by atoms with Crippen molar-refractivity contribution in [2.24, 2.45) is 0 Å². The second-order valence-corrected chi connectivity index (χ2v) is 8.29. The number of carbonyl (C=O) groups excluding carboxylic acids is 1. The highest BCUT2D eigenvalue weighted by Crippen LogP contribution is 2.12. The normalized spacial score (nSPS) is 19.4. The minimum Gasteiger partial charge on any atom is -0.494 e. The molecule has 8 heteroatoms. The van der Waals surface area contributed by atoms with Gasteiger partial charge in [-0.3, -0.25) is 9.69 Å². The van der Waals surface area contributed by atoms with Crippen LogP contribution in [0.15, 0.2) is 24.3 Å². The van der Waals surface area contributed by atoms with Crippen molar-refractivity contribution in [1.29, 1.82) is 0 Å². The number of carbonyl (C=O) groups is 1. The van der Waals surface area contributed by atoms with E-state index >= 15 is 0 Å². The summed E-state index contributed by atoms with van der Waals surface area (Å²) in [7, 11) is -1.16. The third-order valence-corrected chi connectivity index (χ3v) is 5.55. The molecule has 1 amide bonds. The van der Waals surface area contributed by atoms with Crippen LogP contribution in [-0.2, 0) is 14.6 Å². The van der Waals surface area contributed by atoms with Crippen molar-refractivity contribution >= 4 is 15.7 Å². The quantitative estimate of drug-likeness (QED) is 0.697. The minimum atomic E-state index is -2.98. The average molecular weight is 358 g/mol. The SMILES string of the molecule is CN(CCCOc1ccc(F)cc1)CC(=O)NC1CCS(=O)(=O)C1. The largest absolute Gasteiger partial charge is 0.494 e. The molecule has 1 unspecified atom stereocenters. The van der Waals surface area contributed by atoms with Crippen LogP contribution in [-0.4, -0.2) is 63.5 Å². The molecule has 134 valence electrons. The van der Waals surface area contributed by atoms with Crippen molar-refractivity contribution in [2.45, 2.75) is 18.9 Å². The van der Waals surface area contributed by atoms with E-state index in [-0.39, 0.29) is 35.8 Å². The Balaban J connectivity index is 1.59. The molecule has 24 heavy (non-hydrogen) atoms. The summed E-state index contributed by atoms with van der Waals surface area (Å²) >= 11 is 0. The zero-order valence-electron chi connectivity index (χ0n) is 13.7. The summed E-state index contributed by atoms with van der Waals surface area (Å²) in [4.78, 5) is 13.7. The van der Waals surface area contributed by atoms with Crippen LogP contribution in [0.4, 0.5) is 4.39 Å². The van der Waals surface area contributed by atoms with Gasteiger partial charge in [0.05, 0.1) is 24.7 Å². The van der Waals surface area contributed by atoms with Gasteiger partial charge >= 0.3 is 0 Å². The number of ether oxygens (including phenoxy) is 1. The fourth-order valence-electron chi connectivity index (χ4n) is 2.56. The lowest BCUT2D eigenvalue weighted by atomic mass is 10.2. The lowest BCUT2D eigenvalue weighted by Gasteiger charge is -2.18. The summed E-state index contributed by atoms with van der Waals surface area (Å²) in [6.07, 6.45) is 1.21. The highest BCUT2D eigenvalue weighted by molar-refractivity contribution is 7.91. The third-order valence-electron chi connectivity index (χ3n) is 3.78. The van der Waals surface area contributed by atoms with Gasteiger partial charge in [-0.05, 0) is 44.2 Å². The van der Waals surface area contributed by atoms with Crippen molar-refractivity contribution in [3.63, 3.8) is 0 Å². The Morgan fingerprint density at radius 3 is 2.71 bits per heavy atom. The first kappa shape index (κ1) is 18.7. The molecule has 6 nitrogen and oxygen atoms in total. The molecule has 1 atom stereocenters. The van der Waals surface area contributed by atoms with Crippen LogP contribution in [0, 0.1) is 5.82 Å². The number of sulfone groups is 1. The van der Waals surface area contributed by atoms with Crippen molar-refractivity contribution in [2.75, 3.05) is 38.2 Å². The number of hydrogen-bond acceptors (Lipinski definition) is 5. The van der Waals surface area contributed by atoms with Gasteiger partial charge in [0.15, 0.2) is 9.84 Å². The van der Waals surface area contributed by atoms with Crippen LogP contribution in [0.5, 0.6) is 5.75 Å². The Kier molecular flexibility index (Phi) is 6.56. The van der Waals surface area contributed by atoms with Gasteiger partial charge in [-0.1, -0.05) is 0 Å². The van der Waals surface area contributed by atoms with E-state index in [1.54, 1.807) is 12.1 Å². The van der Waals surface area contributed by atoms with Crippen LogP contribution in [0.25, 0.3) is 0 Å². The monoisotopic (exact) mass is 358 g/mol. The number of amides is 1. The molecule has 0 aliphatic carbocycles. The maximum absolute atomic E-state index is 12.8. The number of hydrogen-bond donors (Lipinski definition) is 1. The molecule has 1 saturated heterocycles. The van der Waals surface area contributed by atoms with Gasteiger partial charge in [-0.25, -0.2) is 12.8 Å². The van der Waals surface area contributed by atoms with Gasteiger partial charge in [0.25, 0.3) is 0 Å². The van der Waals surface area contributed by atoms with Gasteiger partial charge in [-0.2, -0.15) is 0 Å². The zero-order valence-corrected chi connectivity index (χ0v) is 14.5. The van der Waals surface area contributed by atoms with E-state index in [2.05, 4.69) is 5.32 Å². The molecule has 0 aromatic heterocycles. The molecule has 1 N–H and O–H groups in total. The molecule has 1 aliphatic rings. The summed E-state index contributed by atoms with van der Waals surface area (Å²) in [6.45, 7) is 1.35. The first-order valence-electron chi connectivity index (χ1n) is 7.91. The van der Waals surface area contributed by atoms with E-state index in [4.69, 9.17) is 4.74 Å². The van der Waals surface area contributed by atoms with E-state index in [1.165, 1.54) is 12.1 Å². The van der Waals surface area contributed by atoms with Crippen molar-refractivity contribution < 1.29 is 22.3 Å². The van der Waals surface area contributed by atoms with Gasteiger partial charge < -0.3 is 10.1 Å². The standard InChI is InChI=1S/C16H23FN2O4S/c1-19(8-2-9-23-15-5-3-13(17)4-6-15)11-16(20)18-14-7-10-24(21,22)12-14/h3-6,14H,2,7-12H2,1H3,(H,18,20). The summed E-state index contributed by atoms with van der Waals surface area (Å²) in [6, 6.07) is 5.56. The molecule has 0 bridgehead atoms. The Hall–Kier alpha value is -1.67. The van der Waals surface area contributed by atoms with E-state index in [0.717, 1.165) is 6.42 Å². The van der Waals surface area contributed by atoms with Gasteiger partial charge in [0.2, 0.25) is 5.91 Å². The Bertz CT molecular complexity index is 649. The molecule has 1 aromatic carbocycles. The molecule has 1 aliphatic heterocycles. The number of nitrogens with one attached hydrogen (secondary N) is 1. The maximum atomic E-state index is 12.8. The van der Waals surface area contributed by atoms with Crippen molar-refractivity contribution in [3.05, 3.63) is 30.1 Å². The van der Waals surface area contributed by atoms with Crippen LogP contribution >= 0.6 is 0 Å². The smallest absolute Gasteiger partial charge is 0.234 e. The van der Waals surface area contributed by atoms with Crippen LogP contribution in [0.3, 0.4) is 0 Å². The Morgan fingerprint density at radius 2 is 2.08 bits per heavy atom. The minimum absolute atomic E-state index is 0.0357. The molecule has 0 radical (unpaired) electrons. The topological polar surface area (TPSA) is 75.7 Å². The van der Waals surface area contributed by atoms with Gasteiger partial charge in [-0.15, -0.1) is 0 Å². The zero-order chi connectivity index (χ0) is 17.6. The number of rotatable bonds is 8. The highest BCUT2D eigenvalue weighted by Gasteiger charge is 2.28. The Labute approximate surface area is 141 Å². The molecule has 0 spiro atoms. The molecule has 0 saturated carbocycles. The first-order valence-corrected chi connectivity index (χ1v) is 9.73. The first-order chi connectivity index (χ1) is 11.3. The van der Waals surface area contributed by atoms with Crippen LogP contribution in [0.1, 0.15) is 12.8 Å². The fraction of sp³-hybridized carbons (Fsp3) is 0.562. The van der Waals surface area contributed by atoms with Crippen molar-refractivity contribution in [3.8, 4) is 5.75 Å². The number of nitrogens with zero attached hydrogens (tertiary/aromatic N) is 1. The molecular formula is C16H23FN2O4S. The number of benzene rings is 1.